The van der Waals surface area contributed by atoms with E-state index in [1.807, 2.05) is 55.3 Å². The van der Waals surface area contributed by atoms with Crippen LogP contribution in [-0.4, -0.2) is 81.0 Å². The largest absolute Gasteiger partial charge is 0.481 e. The van der Waals surface area contributed by atoms with Gasteiger partial charge in [-0.05, 0) is 49.9 Å². The molecule has 13 nitrogen and oxygen atoms in total. The maximum atomic E-state index is 13.5. The monoisotopic (exact) mass is 713 g/mol. The molecule has 0 spiro atoms. The highest BCUT2D eigenvalue weighted by molar-refractivity contribution is 6.35. The van der Waals surface area contributed by atoms with Crippen LogP contribution in [0.3, 0.4) is 0 Å². The molecule has 4 N–H and O–H groups in total. The van der Waals surface area contributed by atoms with Crippen LogP contribution in [0, 0.1) is 6.92 Å². The van der Waals surface area contributed by atoms with Gasteiger partial charge in [0.2, 0.25) is 17.7 Å². The van der Waals surface area contributed by atoms with Crippen LogP contribution in [0.25, 0.3) is 22.5 Å². The Kier molecular flexibility index (Phi) is 11.3. The summed E-state index contributed by atoms with van der Waals surface area (Å²) in [6.07, 6.45) is 6.58. The highest BCUT2D eigenvalue weighted by Crippen LogP contribution is 2.38. The molecule has 2 saturated heterocycles. The molecule has 0 aliphatic carbocycles. The number of halogens is 1. The smallest absolute Gasteiger partial charge is 0.291 e. The van der Waals surface area contributed by atoms with E-state index in [9.17, 15) is 14.4 Å². The zero-order chi connectivity index (χ0) is 36.1. The van der Waals surface area contributed by atoms with Crippen LogP contribution in [0.2, 0.25) is 5.02 Å². The third kappa shape index (κ3) is 8.22. The minimum Gasteiger partial charge on any atom is -0.481 e. The third-order valence-electron chi connectivity index (χ3n) is 9.73. The first-order chi connectivity index (χ1) is 24.6. The summed E-state index contributed by atoms with van der Waals surface area (Å²) in [5.41, 5.74) is 5.86. The fraction of sp³-hybridized carbons (Fsp3) is 0.405. The van der Waals surface area contributed by atoms with E-state index in [1.54, 1.807) is 31.0 Å². The number of nitrogens with one attached hydrogen (secondary N) is 4. The summed E-state index contributed by atoms with van der Waals surface area (Å²) in [4.78, 5) is 52.3. The predicted octanol–water partition coefficient (Wildman–Crippen LogP) is 4.24. The number of carbonyl (C=O) groups is 3. The molecule has 1 aromatic carbocycles. The van der Waals surface area contributed by atoms with Crippen LogP contribution in [0.15, 0.2) is 48.8 Å². The number of piperidine rings is 1. The second kappa shape index (κ2) is 16.0. The lowest BCUT2D eigenvalue weighted by Crippen LogP contribution is -2.44. The number of likely N-dealkylation sites (tertiary alicyclic amines) is 1. The van der Waals surface area contributed by atoms with Gasteiger partial charge < -0.3 is 35.5 Å². The fourth-order valence-electron chi connectivity index (χ4n) is 6.64. The number of rotatable bonds is 12. The van der Waals surface area contributed by atoms with Gasteiger partial charge in [-0.2, -0.15) is 0 Å². The van der Waals surface area contributed by atoms with Crippen molar-refractivity contribution in [1.82, 2.24) is 40.4 Å². The second-order valence-corrected chi connectivity index (χ2v) is 13.4. The average Bonchev–Trinajstić information content (AvgIpc) is 3.72. The van der Waals surface area contributed by atoms with Crippen LogP contribution in [0.5, 0.6) is 5.88 Å². The van der Waals surface area contributed by atoms with E-state index in [-0.39, 0.29) is 23.8 Å². The molecular formula is C37H44ClN9O4. The number of amides is 3. The Morgan fingerprint density at radius 1 is 1.06 bits per heavy atom. The third-order valence-corrected chi connectivity index (χ3v) is 10.1. The van der Waals surface area contributed by atoms with E-state index < -0.39 is 0 Å². The van der Waals surface area contributed by atoms with Crippen molar-refractivity contribution in [2.24, 2.45) is 7.05 Å². The molecule has 0 unspecified atom stereocenters. The molecule has 3 amide bonds. The molecule has 2 fully saturated rings. The van der Waals surface area contributed by atoms with Crippen molar-refractivity contribution in [2.45, 2.75) is 64.7 Å². The van der Waals surface area contributed by atoms with Gasteiger partial charge in [0.1, 0.15) is 0 Å². The molecular weight excluding hydrogens is 670 g/mol. The van der Waals surface area contributed by atoms with Gasteiger partial charge in [-0.1, -0.05) is 29.8 Å². The Morgan fingerprint density at radius 2 is 1.86 bits per heavy atom. The van der Waals surface area contributed by atoms with E-state index in [4.69, 9.17) is 21.3 Å². The van der Waals surface area contributed by atoms with Gasteiger partial charge in [-0.3, -0.25) is 19.4 Å². The molecule has 6 rings (SSSR count). The van der Waals surface area contributed by atoms with Crippen LogP contribution >= 0.6 is 11.6 Å². The summed E-state index contributed by atoms with van der Waals surface area (Å²) >= 11 is 7.02. The Balaban J connectivity index is 1.13. The van der Waals surface area contributed by atoms with Crippen LogP contribution in [-0.2, 0) is 29.7 Å². The van der Waals surface area contributed by atoms with Crippen LogP contribution in [0.4, 0.5) is 5.69 Å². The number of hydrogen-bond acceptors (Lipinski definition) is 9. The lowest BCUT2D eigenvalue weighted by molar-refractivity contribution is -0.130. The highest BCUT2D eigenvalue weighted by Gasteiger charge is 2.23. The number of anilines is 1. The fourth-order valence-corrected chi connectivity index (χ4v) is 6.96. The zero-order valence-corrected chi connectivity index (χ0v) is 30.1. The lowest BCUT2D eigenvalue weighted by Gasteiger charge is -2.31. The molecule has 2 aliphatic heterocycles. The quantitative estimate of drug-likeness (QED) is 0.169. The molecule has 1 atom stereocenters. The van der Waals surface area contributed by atoms with Crippen molar-refractivity contribution in [3.05, 3.63) is 76.5 Å². The average molecular weight is 714 g/mol. The van der Waals surface area contributed by atoms with E-state index in [0.717, 1.165) is 54.7 Å². The van der Waals surface area contributed by atoms with Crippen LogP contribution < -0.4 is 26.0 Å². The SMILES string of the molecule is COc1nc(-c2ccnc(-c3cccc(NC(=O)c4ncc(CNC5CCN(C(C)=O)CC5)n4C)c3C)c2Cl)ccc1CNC[C@H]1CCC(=O)N1. The standard InChI is InChI=1S/C37H44ClN9O4/c1-22-28(6-5-7-30(22)44-36(50)35-42-21-27(46(35)3)20-41-25-13-16-47(17-14-25)23(2)48)34-33(38)29(12-15-40-34)31-10-8-24(37(45-31)51-4)18-39-19-26-9-11-32(49)43-26/h5-8,10,12,15,21,25-26,39,41H,9,11,13-14,16-20H2,1-4H3,(H,43,49)(H,44,50)/t26-/m1/s1. The molecule has 0 saturated carbocycles. The molecule has 3 aromatic heterocycles. The minimum absolute atomic E-state index is 0.0912. The van der Waals surface area contributed by atoms with E-state index >= 15 is 0 Å². The topological polar surface area (TPSA) is 155 Å². The normalized spacial score (nSPS) is 16.3. The zero-order valence-electron chi connectivity index (χ0n) is 29.4. The number of benzene rings is 1. The number of imidazole rings is 1. The van der Waals surface area contributed by atoms with Crippen LogP contribution in [0.1, 0.15) is 60.0 Å². The number of nitrogens with zero attached hydrogens (tertiary/aromatic N) is 5. The van der Waals surface area contributed by atoms with Gasteiger partial charge in [-0.25, -0.2) is 9.97 Å². The molecule has 4 aromatic rings. The first kappa shape index (κ1) is 36.0. The maximum absolute atomic E-state index is 13.5. The summed E-state index contributed by atoms with van der Waals surface area (Å²) in [5.74, 6) is 0.653. The summed E-state index contributed by atoms with van der Waals surface area (Å²) in [6, 6.07) is 11.7. The Morgan fingerprint density at radius 3 is 2.59 bits per heavy atom. The van der Waals surface area contributed by atoms with Crippen molar-refractivity contribution in [2.75, 3.05) is 32.1 Å². The van der Waals surface area contributed by atoms with Crippen molar-refractivity contribution >= 4 is 35.0 Å². The molecule has 0 bridgehead atoms. The Labute approximate surface area is 302 Å². The predicted molar refractivity (Wildman–Crippen MR) is 195 cm³/mol. The summed E-state index contributed by atoms with van der Waals surface area (Å²) < 4.78 is 7.43. The molecule has 0 radical (unpaired) electrons. The van der Waals surface area contributed by atoms with Gasteiger partial charge in [0.05, 0.1) is 35.4 Å². The van der Waals surface area contributed by atoms with Gasteiger partial charge in [0.25, 0.3) is 5.91 Å². The van der Waals surface area contributed by atoms with Gasteiger partial charge in [0, 0.05) is 93.8 Å². The highest BCUT2D eigenvalue weighted by atomic mass is 35.5. The summed E-state index contributed by atoms with van der Waals surface area (Å²) in [6.45, 7) is 6.79. The number of carbonyl (C=O) groups excluding carboxylic acids is 3. The van der Waals surface area contributed by atoms with Gasteiger partial charge >= 0.3 is 0 Å². The number of methoxy groups -OCH3 is 1. The number of hydrogen-bond donors (Lipinski definition) is 4. The maximum Gasteiger partial charge on any atom is 0.291 e. The molecule has 2 aliphatic rings. The number of aromatic nitrogens is 4. The summed E-state index contributed by atoms with van der Waals surface area (Å²) in [7, 11) is 3.42. The molecule has 268 valence electrons. The lowest BCUT2D eigenvalue weighted by atomic mass is 10.0. The Bertz CT molecular complexity index is 1920. The molecule has 51 heavy (non-hydrogen) atoms. The summed E-state index contributed by atoms with van der Waals surface area (Å²) in [5, 5.41) is 13.4. The van der Waals surface area contributed by atoms with Crippen molar-refractivity contribution in [3.63, 3.8) is 0 Å². The van der Waals surface area contributed by atoms with Gasteiger partial charge in [-0.15, -0.1) is 0 Å². The van der Waals surface area contributed by atoms with E-state index in [2.05, 4.69) is 31.2 Å². The minimum atomic E-state index is -0.328. The number of pyridine rings is 2. The van der Waals surface area contributed by atoms with Crippen molar-refractivity contribution in [1.29, 1.82) is 0 Å². The Hall–Kier alpha value is -4.85. The first-order valence-corrected chi connectivity index (χ1v) is 17.6. The molecule has 14 heteroatoms. The molecule has 5 heterocycles. The van der Waals surface area contributed by atoms with Crippen molar-refractivity contribution in [3.8, 4) is 28.4 Å². The van der Waals surface area contributed by atoms with E-state index in [1.165, 1.54) is 0 Å². The first-order valence-electron chi connectivity index (χ1n) is 17.2. The van der Waals surface area contributed by atoms with E-state index in [0.29, 0.717) is 71.5 Å². The number of ether oxygens (including phenoxy) is 1. The second-order valence-electron chi connectivity index (χ2n) is 13.0. The van der Waals surface area contributed by atoms with Crippen molar-refractivity contribution < 1.29 is 19.1 Å². The van der Waals surface area contributed by atoms with Gasteiger partial charge in [0.15, 0.2) is 5.82 Å².